The van der Waals surface area contributed by atoms with Crippen molar-refractivity contribution in [2.75, 3.05) is 37.7 Å². The molecule has 2 aliphatic rings. The van der Waals surface area contributed by atoms with E-state index in [0.717, 1.165) is 67.7 Å². The normalized spacial score (nSPS) is 18.4. The molecule has 3 aromatic carbocycles. The molecule has 0 bridgehead atoms. The quantitative estimate of drug-likeness (QED) is 0.264. The fourth-order valence-corrected chi connectivity index (χ4v) is 6.72. The van der Waals surface area contributed by atoms with E-state index in [2.05, 4.69) is 60.0 Å². The molecule has 1 aliphatic carbocycles. The number of hydrogen-bond acceptors (Lipinski definition) is 6. The number of aliphatic hydroxyl groups is 1. The Morgan fingerprint density at radius 3 is 2.05 bits per heavy atom. The molecule has 1 saturated carbocycles. The predicted octanol–water partition coefficient (Wildman–Crippen LogP) is 6.45. The van der Waals surface area contributed by atoms with Crippen molar-refractivity contribution in [2.24, 2.45) is 0 Å². The van der Waals surface area contributed by atoms with Crippen molar-refractivity contribution in [3.8, 4) is 5.75 Å². The van der Waals surface area contributed by atoms with Crippen molar-refractivity contribution in [3.63, 3.8) is 0 Å². The smallest absolute Gasteiger partial charge is 0.206 e. The summed E-state index contributed by atoms with van der Waals surface area (Å²) in [6, 6.07) is 27.4. The lowest BCUT2D eigenvalue weighted by molar-refractivity contribution is 0.209. The summed E-state index contributed by atoms with van der Waals surface area (Å²) in [4.78, 5) is 4.98. The van der Waals surface area contributed by atoms with Crippen LogP contribution in [0.25, 0.3) is 11.1 Å². The van der Waals surface area contributed by atoms with Crippen molar-refractivity contribution >= 4 is 26.8 Å². The molecule has 1 atom stereocenters. The second kappa shape index (κ2) is 12.6. The number of rotatable bonds is 11. The highest BCUT2D eigenvalue weighted by Gasteiger charge is 2.34. The molecule has 6 nitrogen and oxygen atoms in total. The lowest BCUT2D eigenvalue weighted by Crippen LogP contribution is -2.48. The van der Waals surface area contributed by atoms with E-state index < -0.39 is 10.0 Å². The molecule has 0 aromatic heterocycles. The number of hydrogen-bond donors (Lipinski definition) is 2. The van der Waals surface area contributed by atoms with E-state index in [9.17, 15) is 9.32 Å². The fraction of sp³-hybridized carbons (Fsp3) is 0.394. The molecule has 1 aliphatic heterocycles. The summed E-state index contributed by atoms with van der Waals surface area (Å²) in [6.45, 7) is 8.83. The zero-order valence-corrected chi connectivity index (χ0v) is 24.4. The first-order valence-electron chi connectivity index (χ1n) is 14.4. The molecule has 1 heterocycles. The topological polar surface area (TPSA) is 76.9 Å². The van der Waals surface area contributed by atoms with Gasteiger partial charge in [-0.05, 0) is 91.6 Å². The molecule has 0 spiro atoms. The van der Waals surface area contributed by atoms with Crippen LogP contribution in [0.4, 0.5) is 5.69 Å². The van der Waals surface area contributed by atoms with Gasteiger partial charge in [0, 0.05) is 44.5 Å². The van der Waals surface area contributed by atoms with Gasteiger partial charge in [0.15, 0.2) is 0 Å². The summed E-state index contributed by atoms with van der Waals surface area (Å²) in [5, 5.41) is 9.56. The maximum absolute atomic E-state index is 12.6. The van der Waals surface area contributed by atoms with Crippen LogP contribution < -0.4 is 9.08 Å². The van der Waals surface area contributed by atoms with Crippen molar-refractivity contribution in [1.29, 1.82) is 4.78 Å². The molecular weight excluding hydrogens is 518 g/mol. The predicted molar refractivity (Wildman–Crippen MR) is 165 cm³/mol. The summed E-state index contributed by atoms with van der Waals surface area (Å²) in [6.07, 6.45) is 2.98. The number of piperazine rings is 1. The van der Waals surface area contributed by atoms with Crippen LogP contribution in [0.1, 0.15) is 56.2 Å². The number of nitrogens with zero attached hydrogens (tertiary/aromatic N) is 2. The van der Waals surface area contributed by atoms with Gasteiger partial charge in [0.05, 0.1) is 5.25 Å². The number of nitrogens with one attached hydrogen (secondary N) is 1. The van der Waals surface area contributed by atoms with Gasteiger partial charge in [-0.25, -0.2) is 8.99 Å². The van der Waals surface area contributed by atoms with Gasteiger partial charge in [-0.1, -0.05) is 54.6 Å². The standard InChI is InChI=1S/C33H41N3O3S/c1-25(2)35-20-22-36(23-21-35)29-14-10-27(11-15-29)33(32(9-6-24-37)26-7-4-3-5-8-26)28-12-16-30(17-13-28)39-40(34,38)31-18-19-31/h3-5,7-8,10-17,25,31,34,37H,6,9,18-24H2,1-2H3/b33-32+. The Bertz CT molecular complexity index is 1390. The number of allylic oxidation sites excluding steroid dienone is 1. The molecule has 40 heavy (non-hydrogen) atoms. The third-order valence-corrected chi connectivity index (χ3v) is 9.69. The van der Waals surface area contributed by atoms with Gasteiger partial charge < -0.3 is 14.2 Å². The van der Waals surface area contributed by atoms with Crippen molar-refractivity contribution in [1.82, 2.24) is 4.90 Å². The first-order valence-corrected chi connectivity index (χ1v) is 16.0. The lowest BCUT2D eigenvalue weighted by atomic mass is 9.87. The van der Waals surface area contributed by atoms with E-state index in [4.69, 9.17) is 8.96 Å². The van der Waals surface area contributed by atoms with Gasteiger partial charge in [-0.3, -0.25) is 4.90 Å². The first-order chi connectivity index (χ1) is 19.4. The molecule has 3 aromatic rings. The average molecular weight is 560 g/mol. The molecule has 7 heteroatoms. The van der Waals surface area contributed by atoms with E-state index in [1.165, 1.54) is 11.3 Å². The highest BCUT2D eigenvalue weighted by Crippen LogP contribution is 2.37. The van der Waals surface area contributed by atoms with Gasteiger partial charge in [0.25, 0.3) is 0 Å². The second-order valence-corrected chi connectivity index (χ2v) is 13.0. The van der Waals surface area contributed by atoms with Gasteiger partial charge >= 0.3 is 0 Å². The van der Waals surface area contributed by atoms with Crippen molar-refractivity contribution in [3.05, 3.63) is 95.6 Å². The van der Waals surface area contributed by atoms with Gasteiger partial charge in [-0.15, -0.1) is 0 Å². The van der Waals surface area contributed by atoms with Crippen molar-refractivity contribution in [2.45, 2.75) is 50.8 Å². The van der Waals surface area contributed by atoms with Crippen LogP contribution in [0, 0.1) is 4.78 Å². The van der Waals surface area contributed by atoms with Crippen LogP contribution in [0.3, 0.4) is 0 Å². The maximum atomic E-state index is 12.6. The zero-order valence-electron chi connectivity index (χ0n) is 23.6. The highest BCUT2D eigenvalue weighted by atomic mass is 32.2. The maximum Gasteiger partial charge on any atom is 0.206 e. The molecule has 1 saturated heterocycles. The van der Waals surface area contributed by atoms with E-state index in [-0.39, 0.29) is 11.9 Å². The minimum Gasteiger partial charge on any atom is -0.396 e. The molecule has 1 unspecified atom stereocenters. The van der Waals surface area contributed by atoms with Crippen LogP contribution in [0.5, 0.6) is 5.75 Å². The van der Waals surface area contributed by atoms with E-state index in [1.807, 2.05) is 42.5 Å². The first kappa shape index (κ1) is 28.4. The molecule has 0 amide bonds. The van der Waals surface area contributed by atoms with Gasteiger partial charge in [0.1, 0.15) is 5.75 Å². The molecule has 2 N–H and O–H groups in total. The van der Waals surface area contributed by atoms with E-state index >= 15 is 0 Å². The molecule has 212 valence electrons. The Labute approximate surface area is 239 Å². The molecule has 0 radical (unpaired) electrons. The SMILES string of the molecule is CC(C)N1CCN(c2ccc(/C(=C(/CCCO)c3ccccc3)c3ccc(OS(=N)(=O)C4CC4)cc3)cc2)CC1. The average Bonchev–Trinajstić information content (AvgIpc) is 3.83. The van der Waals surface area contributed by atoms with Crippen LogP contribution >= 0.6 is 0 Å². The monoisotopic (exact) mass is 559 g/mol. The summed E-state index contributed by atoms with van der Waals surface area (Å²) in [5.41, 5.74) is 6.77. The summed E-state index contributed by atoms with van der Waals surface area (Å²) < 4.78 is 26.3. The van der Waals surface area contributed by atoms with Crippen LogP contribution in [-0.4, -0.2) is 58.3 Å². The van der Waals surface area contributed by atoms with Gasteiger partial charge in [0.2, 0.25) is 10.0 Å². The van der Waals surface area contributed by atoms with E-state index in [0.29, 0.717) is 18.2 Å². The fourth-order valence-electron chi connectivity index (χ4n) is 5.43. The van der Waals surface area contributed by atoms with Crippen molar-refractivity contribution < 1.29 is 13.5 Å². The Hall–Kier alpha value is -3.13. The van der Waals surface area contributed by atoms with Gasteiger partial charge in [-0.2, -0.15) is 0 Å². The number of anilines is 1. The Balaban J connectivity index is 1.50. The van der Waals surface area contributed by atoms with E-state index in [1.54, 1.807) is 0 Å². The molecule has 5 rings (SSSR count). The highest BCUT2D eigenvalue weighted by molar-refractivity contribution is 7.89. The minimum atomic E-state index is -3.07. The number of benzene rings is 3. The number of aliphatic hydroxyl groups excluding tert-OH is 1. The Morgan fingerprint density at radius 2 is 1.50 bits per heavy atom. The molecular formula is C33H41N3O3S. The summed E-state index contributed by atoms with van der Waals surface area (Å²) in [7, 11) is -3.07. The largest absolute Gasteiger partial charge is 0.396 e. The lowest BCUT2D eigenvalue weighted by Gasteiger charge is -2.38. The second-order valence-electron chi connectivity index (χ2n) is 11.1. The third kappa shape index (κ3) is 6.77. The third-order valence-electron chi connectivity index (χ3n) is 7.90. The summed E-state index contributed by atoms with van der Waals surface area (Å²) >= 11 is 0. The van der Waals surface area contributed by atoms with Crippen LogP contribution in [0.15, 0.2) is 78.9 Å². The zero-order chi connectivity index (χ0) is 28.1. The molecule has 2 fully saturated rings. The Kier molecular flexibility index (Phi) is 8.94. The summed E-state index contributed by atoms with van der Waals surface area (Å²) in [5.74, 6) is 0.461. The van der Waals surface area contributed by atoms with Crippen LogP contribution in [-0.2, 0) is 10.0 Å². The minimum absolute atomic E-state index is 0.122. The Morgan fingerprint density at radius 1 is 0.900 bits per heavy atom. The van der Waals surface area contributed by atoms with Crippen LogP contribution in [0.2, 0.25) is 0 Å².